The second-order valence-electron chi connectivity index (χ2n) is 5.22. The summed E-state index contributed by atoms with van der Waals surface area (Å²) in [6.45, 7) is 5.55. The Kier molecular flexibility index (Phi) is 3.28. The van der Waals surface area contributed by atoms with E-state index < -0.39 is 5.76 Å². The lowest BCUT2D eigenvalue weighted by Gasteiger charge is -2.34. The molecule has 0 amide bonds. The Morgan fingerprint density at radius 3 is 2.83 bits per heavy atom. The van der Waals surface area contributed by atoms with Crippen molar-refractivity contribution in [2.24, 2.45) is 5.73 Å². The van der Waals surface area contributed by atoms with Crippen LogP contribution in [0.1, 0.15) is 19.4 Å². The highest BCUT2D eigenvalue weighted by Gasteiger charge is 2.21. The zero-order valence-corrected chi connectivity index (χ0v) is 11.0. The van der Waals surface area contributed by atoms with E-state index >= 15 is 0 Å². The Morgan fingerprint density at radius 2 is 2.17 bits per heavy atom. The van der Waals surface area contributed by atoms with Crippen LogP contribution >= 0.6 is 0 Å². The van der Waals surface area contributed by atoms with Crippen molar-refractivity contribution in [3.63, 3.8) is 0 Å². The van der Waals surface area contributed by atoms with E-state index in [2.05, 4.69) is 23.7 Å². The van der Waals surface area contributed by atoms with Crippen LogP contribution in [0.2, 0.25) is 0 Å². The maximum atomic E-state index is 11.1. The molecule has 0 aliphatic rings. The monoisotopic (exact) mass is 249 g/mol. The number of hydrogen-bond acceptors (Lipinski definition) is 4. The lowest BCUT2D eigenvalue weighted by molar-refractivity contribution is 0.156. The zero-order chi connectivity index (χ0) is 13.3. The first-order valence-corrected chi connectivity index (χ1v) is 5.95. The molecule has 3 N–H and O–H groups in total. The zero-order valence-electron chi connectivity index (χ0n) is 11.0. The molecule has 0 atom stereocenters. The van der Waals surface area contributed by atoms with Gasteiger partial charge in [-0.3, -0.25) is 9.88 Å². The van der Waals surface area contributed by atoms with Gasteiger partial charge >= 0.3 is 5.76 Å². The SMILES string of the molecule is CN(Cc1ccc2[nH]c(=O)oc2c1)C(C)(C)CN. The van der Waals surface area contributed by atoms with E-state index in [-0.39, 0.29) is 5.54 Å². The minimum Gasteiger partial charge on any atom is -0.408 e. The average Bonchev–Trinajstić information content (AvgIpc) is 2.68. The van der Waals surface area contributed by atoms with Crippen molar-refractivity contribution < 1.29 is 4.42 Å². The van der Waals surface area contributed by atoms with E-state index in [1.54, 1.807) is 0 Å². The molecule has 0 fully saturated rings. The van der Waals surface area contributed by atoms with Gasteiger partial charge < -0.3 is 10.2 Å². The Morgan fingerprint density at radius 1 is 1.44 bits per heavy atom. The number of nitrogens with two attached hydrogens (primary N) is 1. The molecule has 0 aliphatic heterocycles. The molecular weight excluding hydrogens is 230 g/mol. The fraction of sp³-hybridized carbons (Fsp3) is 0.462. The minimum atomic E-state index is -0.419. The van der Waals surface area contributed by atoms with Gasteiger partial charge in [-0.1, -0.05) is 6.07 Å². The van der Waals surface area contributed by atoms with Crippen LogP contribution in [0.25, 0.3) is 11.1 Å². The van der Waals surface area contributed by atoms with Gasteiger partial charge in [-0.2, -0.15) is 0 Å². The molecule has 0 aliphatic carbocycles. The second kappa shape index (κ2) is 4.59. The second-order valence-corrected chi connectivity index (χ2v) is 5.22. The van der Waals surface area contributed by atoms with Crippen LogP contribution < -0.4 is 11.5 Å². The molecule has 5 nitrogen and oxygen atoms in total. The fourth-order valence-corrected chi connectivity index (χ4v) is 1.73. The number of nitrogens with zero attached hydrogens (tertiary/aromatic N) is 1. The third-order valence-corrected chi connectivity index (χ3v) is 3.44. The Labute approximate surface area is 106 Å². The number of H-pyrrole nitrogens is 1. The molecule has 98 valence electrons. The van der Waals surface area contributed by atoms with Gasteiger partial charge in [0.25, 0.3) is 0 Å². The number of benzene rings is 1. The van der Waals surface area contributed by atoms with Crippen molar-refractivity contribution in [1.82, 2.24) is 9.88 Å². The molecule has 1 heterocycles. The Hall–Kier alpha value is -1.59. The van der Waals surface area contributed by atoms with Gasteiger partial charge in [0.05, 0.1) is 5.52 Å². The molecule has 2 aromatic rings. The molecule has 0 saturated carbocycles. The van der Waals surface area contributed by atoms with Crippen LogP contribution in [0.15, 0.2) is 27.4 Å². The topological polar surface area (TPSA) is 75.3 Å². The summed E-state index contributed by atoms with van der Waals surface area (Å²) in [6.07, 6.45) is 0. The van der Waals surface area contributed by atoms with E-state index in [9.17, 15) is 4.79 Å². The Bertz CT molecular complexity index is 598. The van der Waals surface area contributed by atoms with Gasteiger partial charge in [-0.25, -0.2) is 4.79 Å². The van der Waals surface area contributed by atoms with Crippen LogP contribution in [-0.4, -0.2) is 29.0 Å². The van der Waals surface area contributed by atoms with Crippen molar-refractivity contribution in [2.75, 3.05) is 13.6 Å². The number of fused-ring (bicyclic) bond motifs is 1. The molecule has 1 aromatic heterocycles. The van der Waals surface area contributed by atoms with E-state index in [0.717, 1.165) is 17.6 Å². The van der Waals surface area contributed by atoms with E-state index in [0.29, 0.717) is 12.1 Å². The highest BCUT2D eigenvalue weighted by molar-refractivity contribution is 5.72. The molecule has 0 spiro atoms. The standard InChI is InChI=1S/C13H19N3O2/c1-13(2,8-14)16(3)7-9-4-5-10-11(6-9)18-12(17)15-10/h4-6H,7-8,14H2,1-3H3,(H,15,17). The number of nitrogens with one attached hydrogen (secondary N) is 1. The molecule has 1 aromatic carbocycles. The third-order valence-electron chi connectivity index (χ3n) is 3.44. The van der Waals surface area contributed by atoms with Crippen LogP contribution in [0.5, 0.6) is 0 Å². The summed E-state index contributed by atoms with van der Waals surface area (Å²) >= 11 is 0. The fourth-order valence-electron chi connectivity index (χ4n) is 1.73. The lowest BCUT2D eigenvalue weighted by atomic mass is 10.0. The molecule has 18 heavy (non-hydrogen) atoms. The van der Waals surface area contributed by atoms with Crippen molar-refractivity contribution in [2.45, 2.75) is 25.9 Å². The van der Waals surface area contributed by atoms with Gasteiger partial charge in [-0.15, -0.1) is 0 Å². The van der Waals surface area contributed by atoms with Crippen molar-refractivity contribution >= 4 is 11.1 Å². The van der Waals surface area contributed by atoms with Gasteiger partial charge in [-0.05, 0) is 38.6 Å². The Balaban J connectivity index is 2.24. The van der Waals surface area contributed by atoms with E-state index in [1.165, 1.54) is 0 Å². The molecule has 0 bridgehead atoms. The summed E-state index contributed by atoms with van der Waals surface area (Å²) in [7, 11) is 2.03. The number of aromatic amines is 1. The van der Waals surface area contributed by atoms with Crippen LogP contribution in [-0.2, 0) is 6.54 Å². The normalized spacial score (nSPS) is 12.5. The first-order valence-electron chi connectivity index (χ1n) is 5.95. The third kappa shape index (κ3) is 2.47. The first-order chi connectivity index (χ1) is 8.42. The van der Waals surface area contributed by atoms with Crippen LogP contribution in [0, 0.1) is 0 Å². The van der Waals surface area contributed by atoms with Crippen molar-refractivity contribution in [1.29, 1.82) is 0 Å². The molecule has 0 unspecified atom stereocenters. The molecule has 5 heteroatoms. The van der Waals surface area contributed by atoms with Crippen LogP contribution in [0.4, 0.5) is 0 Å². The lowest BCUT2D eigenvalue weighted by Crippen LogP contribution is -2.46. The molecule has 2 rings (SSSR count). The van der Waals surface area contributed by atoms with Gasteiger partial charge in [0, 0.05) is 18.6 Å². The number of aromatic nitrogens is 1. The maximum Gasteiger partial charge on any atom is 0.417 e. The van der Waals surface area contributed by atoms with E-state index in [1.807, 2.05) is 25.2 Å². The number of likely N-dealkylation sites (N-methyl/N-ethyl adjacent to an activating group) is 1. The van der Waals surface area contributed by atoms with Crippen LogP contribution in [0.3, 0.4) is 0 Å². The molecule has 0 saturated heterocycles. The maximum absolute atomic E-state index is 11.1. The van der Waals surface area contributed by atoms with Gasteiger partial charge in [0.1, 0.15) is 0 Å². The molecular formula is C13H19N3O2. The summed E-state index contributed by atoms with van der Waals surface area (Å²) in [5.74, 6) is -0.419. The highest BCUT2D eigenvalue weighted by Crippen LogP contribution is 2.17. The van der Waals surface area contributed by atoms with Crippen molar-refractivity contribution in [3.8, 4) is 0 Å². The number of rotatable bonds is 4. The van der Waals surface area contributed by atoms with Gasteiger partial charge in [0.15, 0.2) is 5.58 Å². The average molecular weight is 249 g/mol. The summed E-state index contributed by atoms with van der Waals surface area (Å²) in [6, 6.07) is 5.73. The summed E-state index contributed by atoms with van der Waals surface area (Å²) in [4.78, 5) is 15.9. The predicted molar refractivity (Wildman–Crippen MR) is 71.4 cm³/mol. The van der Waals surface area contributed by atoms with Gasteiger partial charge in [0.2, 0.25) is 0 Å². The number of oxazole rings is 1. The predicted octanol–water partition coefficient (Wildman–Crippen LogP) is 1.29. The quantitative estimate of drug-likeness (QED) is 0.856. The van der Waals surface area contributed by atoms with Crippen molar-refractivity contribution in [3.05, 3.63) is 34.3 Å². The largest absolute Gasteiger partial charge is 0.417 e. The first kappa shape index (κ1) is 12.9. The smallest absolute Gasteiger partial charge is 0.408 e. The summed E-state index contributed by atoms with van der Waals surface area (Å²) in [5, 5.41) is 0. The summed E-state index contributed by atoms with van der Waals surface area (Å²) in [5.41, 5.74) is 8.10. The number of hydrogen-bond donors (Lipinski definition) is 2. The highest BCUT2D eigenvalue weighted by atomic mass is 16.4. The summed E-state index contributed by atoms with van der Waals surface area (Å²) < 4.78 is 5.05. The van der Waals surface area contributed by atoms with E-state index in [4.69, 9.17) is 10.2 Å². The molecule has 0 radical (unpaired) electrons. The minimum absolute atomic E-state index is 0.0616.